The molecular weight excluding hydrogens is 280 g/mol. The topological polar surface area (TPSA) is 74.6 Å². The number of carbonyl (C=O) groups excluding carboxylic acids is 2. The molecule has 2 aromatic carbocycles. The van der Waals surface area contributed by atoms with Crippen LogP contribution in [0.3, 0.4) is 0 Å². The first-order valence-electron chi connectivity index (χ1n) is 6.58. The van der Waals surface area contributed by atoms with Gasteiger partial charge < -0.3 is 10.2 Å². The van der Waals surface area contributed by atoms with Crippen molar-refractivity contribution in [3.05, 3.63) is 58.7 Å². The van der Waals surface area contributed by atoms with Crippen LogP contribution in [0, 0.1) is 11.8 Å². The van der Waals surface area contributed by atoms with Crippen molar-refractivity contribution >= 4 is 11.6 Å². The van der Waals surface area contributed by atoms with Gasteiger partial charge in [0.25, 0.3) is 0 Å². The Labute approximate surface area is 128 Å². The largest absolute Gasteiger partial charge is 0.507 e. The minimum atomic E-state index is -0.246. The quantitative estimate of drug-likeness (QED) is 0.659. The lowest BCUT2D eigenvalue weighted by molar-refractivity contribution is 0.100. The minimum Gasteiger partial charge on any atom is -0.507 e. The summed E-state index contributed by atoms with van der Waals surface area (Å²) in [4.78, 5) is 22.8. The number of aromatic hydroxyl groups is 2. The van der Waals surface area contributed by atoms with Gasteiger partial charge in [0.2, 0.25) is 0 Å². The van der Waals surface area contributed by atoms with Crippen LogP contribution in [0.15, 0.2) is 36.4 Å². The lowest BCUT2D eigenvalue weighted by Gasteiger charge is -2.01. The lowest BCUT2D eigenvalue weighted by atomic mass is 10.0. The highest BCUT2D eigenvalue weighted by Gasteiger charge is 2.07. The molecule has 0 radical (unpaired) electrons. The predicted molar refractivity (Wildman–Crippen MR) is 82.2 cm³/mol. The van der Waals surface area contributed by atoms with Gasteiger partial charge in [0.15, 0.2) is 11.6 Å². The van der Waals surface area contributed by atoms with Gasteiger partial charge in [0.1, 0.15) is 11.5 Å². The number of rotatable bonds is 2. The summed E-state index contributed by atoms with van der Waals surface area (Å²) in [7, 11) is 0. The van der Waals surface area contributed by atoms with E-state index in [1.807, 2.05) is 0 Å². The average Bonchev–Trinajstić information content (AvgIpc) is 2.47. The predicted octanol–water partition coefficient (Wildman–Crippen LogP) is 2.90. The minimum absolute atomic E-state index is 0.0819. The molecule has 110 valence electrons. The van der Waals surface area contributed by atoms with E-state index in [1.54, 1.807) is 12.1 Å². The van der Waals surface area contributed by atoms with Crippen molar-refractivity contribution in [3.63, 3.8) is 0 Å². The van der Waals surface area contributed by atoms with Gasteiger partial charge in [-0.05, 0) is 50.2 Å². The molecule has 0 aliphatic carbocycles. The number of hydrogen-bond donors (Lipinski definition) is 2. The zero-order chi connectivity index (χ0) is 16.3. The van der Waals surface area contributed by atoms with Crippen LogP contribution in [0.4, 0.5) is 0 Å². The van der Waals surface area contributed by atoms with Gasteiger partial charge in [-0.1, -0.05) is 11.8 Å². The van der Waals surface area contributed by atoms with Crippen molar-refractivity contribution in [2.45, 2.75) is 13.8 Å². The fourth-order valence-corrected chi connectivity index (χ4v) is 1.94. The van der Waals surface area contributed by atoms with Crippen LogP contribution in [0.25, 0.3) is 0 Å². The number of ketones is 2. The molecule has 0 saturated heterocycles. The van der Waals surface area contributed by atoms with Crippen LogP contribution >= 0.6 is 0 Å². The van der Waals surface area contributed by atoms with E-state index < -0.39 is 0 Å². The molecule has 0 aliphatic rings. The highest BCUT2D eigenvalue weighted by atomic mass is 16.3. The number of Topliss-reactive ketones (excluding diaryl/α,β-unsaturated/α-hetero) is 2. The molecule has 0 fully saturated rings. The third-order valence-corrected chi connectivity index (χ3v) is 3.10. The van der Waals surface area contributed by atoms with E-state index in [4.69, 9.17) is 0 Å². The molecule has 0 spiro atoms. The molecule has 4 nitrogen and oxygen atoms in total. The summed E-state index contributed by atoms with van der Waals surface area (Å²) in [5.41, 5.74) is 1.56. The molecule has 0 heterocycles. The smallest absolute Gasteiger partial charge is 0.163 e. The number of benzene rings is 2. The zero-order valence-corrected chi connectivity index (χ0v) is 12.2. The van der Waals surface area contributed by atoms with Gasteiger partial charge in [0, 0.05) is 11.1 Å². The number of hydrogen-bond acceptors (Lipinski definition) is 4. The molecule has 22 heavy (non-hydrogen) atoms. The van der Waals surface area contributed by atoms with E-state index in [0.29, 0.717) is 11.1 Å². The third kappa shape index (κ3) is 3.33. The van der Waals surface area contributed by atoms with Crippen molar-refractivity contribution in [2.75, 3.05) is 0 Å². The average molecular weight is 294 g/mol. The highest BCUT2D eigenvalue weighted by molar-refractivity contribution is 5.97. The second kappa shape index (κ2) is 6.15. The van der Waals surface area contributed by atoms with Crippen LogP contribution in [-0.2, 0) is 0 Å². The highest BCUT2D eigenvalue weighted by Crippen LogP contribution is 2.20. The first-order valence-corrected chi connectivity index (χ1v) is 6.58. The van der Waals surface area contributed by atoms with Crippen LogP contribution in [0.5, 0.6) is 11.5 Å². The van der Waals surface area contributed by atoms with E-state index in [2.05, 4.69) is 11.8 Å². The molecule has 2 N–H and O–H groups in total. The molecule has 0 amide bonds. The van der Waals surface area contributed by atoms with Crippen LogP contribution in [0.2, 0.25) is 0 Å². The van der Waals surface area contributed by atoms with Crippen LogP contribution in [-0.4, -0.2) is 21.8 Å². The maximum Gasteiger partial charge on any atom is 0.163 e. The fourth-order valence-electron chi connectivity index (χ4n) is 1.94. The zero-order valence-electron chi connectivity index (χ0n) is 12.2. The Kier molecular flexibility index (Phi) is 4.28. The van der Waals surface area contributed by atoms with E-state index in [9.17, 15) is 19.8 Å². The molecule has 0 bridgehead atoms. The van der Waals surface area contributed by atoms with Gasteiger partial charge in [-0.15, -0.1) is 0 Å². The maximum absolute atomic E-state index is 11.4. The second-order valence-electron chi connectivity index (χ2n) is 4.83. The Morgan fingerprint density at radius 1 is 0.773 bits per heavy atom. The van der Waals surface area contributed by atoms with E-state index >= 15 is 0 Å². The van der Waals surface area contributed by atoms with E-state index in [-0.39, 0.29) is 34.2 Å². The second-order valence-corrected chi connectivity index (χ2v) is 4.83. The standard InChI is InChI=1S/C18H14O4/c1-11(19)15-9-13(5-7-17(15)21)3-4-14-6-8-18(22)16(10-14)12(2)20/h5-10,21-22H,1-2H3. The van der Waals surface area contributed by atoms with Gasteiger partial charge in [-0.3, -0.25) is 9.59 Å². The summed E-state index contributed by atoms with van der Waals surface area (Å²) >= 11 is 0. The van der Waals surface area contributed by atoms with Crippen molar-refractivity contribution in [1.82, 2.24) is 0 Å². The molecule has 0 unspecified atom stereocenters. The Balaban J connectivity index is 2.39. The molecule has 0 aliphatic heterocycles. The molecule has 2 rings (SSSR count). The fraction of sp³-hybridized carbons (Fsp3) is 0.111. The number of phenolic OH excluding ortho intramolecular Hbond substituents is 2. The van der Waals surface area contributed by atoms with Crippen molar-refractivity contribution in [1.29, 1.82) is 0 Å². The third-order valence-electron chi connectivity index (χ3n) is 3.10. The summed E-state index contributed by atoms with van der Waals surface area (Å²) < 4.78 is 0. The van der Waals surface area contributed by atoms with Crippen molar-refractivity contribution < 1.29 is 19.8 Å². The normalized spacial score (nSPS) is 9.73. The Bertz CT molecular complexity index is 755. The van der Waals surface area contributed by atoms with Crippen molar-refractivity contribution in [3.8, 4) is 23.3 Å². The van der Waals surface area contributed by atoms with Crippen LogP contribution in [0.1, 0.15) is 45.7 Å². The van der Waals surface area contributed by atoms with Crippen LogP contribution < -0.4 is 0 Å². The van der Waals surface area contributed by atoms with Crippen molar-refractivity contribution in [2.24, 2.45) is 0 Å². The maximum atomic E-state index is 11.4. The molecule has 0 aromatic heterocycles. The van der Waals surface area contributed by atoms with E-state index in [0.717, 1.165) is 0 Å². The van der Waals surface area contributed by atoms with Gasteiger partial charge in [-0.2, -0.15) is 0 Å². The number of phenols is 2. The molecule has 2 aromatic rings. The van der Waals surface area contributed by atoms with E-state index in [1.165, 1.54) is 38.1 Å². The first kappa shape index (κ1) is 15.3. The molecular formula is C18H14O4. The summed E-state index contributed by atoms with van der Waals surface area (Å²) in [6.07, 6.45) is 0. The van der Waals surface area contributed by atoms with Gasteiger partial charge in [0.05, 0.1) is 11.1 Å². The van der Waals surface area contributed by atoms with Gasteiger partial charge in [-0.25, -0.2) is 0 Å². The summed E-state index contributed by atoms with van der Waals surface area (Å²) in [5.74, 6) is 5.07. The summed E-state index contributed by atoms with van der Waals surface area (Å²) in [5, 5.41) is 19.2. The Morgan fingerprint density at radius 3 is 1.45 bits per heavy atom. The molecule has 4 heteroatoms. The van der Waals surface area contributed by atoms with Gasteiger partial charge >= 0.3 is 0 Å². The number of carbonyl (C=O) groups is 2. The monoisotopic (exact) mass is 294 g/mol. The SMILES string of the molecule is CC(=O)c1cc(C#Cc2ccc(O)c(C(C)=O)c2)ccc1O. The lowest BCUT2D eigenvalue weighted by Crippen LogP contribution is -1.94. The summed E-state index contributed by atoms with van der Waals surface area (Å²) in [6, 6.07) is 9.05. The Morgan fingerprint density at radius 2 is 1.14 bits per heavy atom. The molecule has 0 saturated carbocycles. The first-order chi connectivity index (χ1) is 10.4. The summed E-state index contributed by atoms with van der Waals surface area (Å²) in [6.45, 7) is 2.73. The molecule has 0 atom stereocenters. The Hall–Kier alpha value is -3.06.